The minimum atomic E-state index is -0.756. The van der Waals surface area contributed by atoms with Gasteiger partial charge in [0, 0.05) is 35.9 Å². The van der Waals surface area contributed by atoms with Gasteiger partial charge in [0.25, 0.3) is 0 Å². The first kappa shape index (κ1) is 39.8. The molecule has 0 radical (unpaired) electrons. The van der Waals surface area contributed by atoms with E-state index < -0.39 is 5.66 Å². The highest BCUT2D eigenvalue weighted by atomic mass is 35.5. The summed E-state index contributed by atoms with van der Waals surface area (Å²) in [6, 6.07) is 7.10. The van der Waals surface area contributed by atoms with E-state index in [9.17, 15) is 9.59 Å². The fourth-order valence-corrected chi connectivity index (χ4v) is 5.43. The van der Waals surface area contributed by atoms with Crippen LogP contribution in [0.25, 0.3) is 0 Å². The minimum absolute atomic E-state index is 0.168. The summed E-state index contributed by atoms with van der Waals surface area (Å²) in [6.07, 6.45) is 12.7. The highest BCUT2D eigenvalue weighted by Gasteiger charge is 2.44. The number of benzene rings is 1. The van der Waals surface area contributed by atoms with Crippen molar-refractivity contribution in [1.29, 1.82) is 0 Å². The van der Waals surface area contributed by atoms with Crippen LogP contribution in [0.3, 0.4) is 0 Å². The van der Waals surface area contributed by atoms with E-state index in [-0.39, 0.29) is 16.8 Å². The van der Waals surface area contributed by atoms with Gasteiger partial charge >= 0.3 is 0 Å². The molecule has 1 saturated carbocycles. The summed E-state index contributed by atoms with van der Waals surface area (Å²) in [6.45, 7) is 16.9. The Labute approximate surface area is 265 Å². The summed E-state index contributed by atoms with van der Waals surface area (Å²) in [4.78, 5) is 31.1. The molecule has 1 aromatic rings. The highest BCUT2D eigenvalue weighted by Crippen LogP contribution is 2.46. The molecule has 1 aromatic carbocycles. The van der Waals surface area contributed by atoms with E-state index in [1.165, 1.54) is 7.05 Å². The molecule has 8 heteroatoms. The summed E-state index contributed by atoms with van der Waals surface area (Å²) in [5, 5.41) is 0.244. The lowest BCUT2D eigenvalue weighted by Crippen LogP contribution is -2.51. The molecule has 42 heavy (non-hydrogen) atoms. The van der Waals surface area contributed by atoms with Gasteiger partial charge in [-0.2, -0.15) is 0 Å². The monoisotopic (exact) mass is 621 g/mol. The van der Waals surface area contributed by atoms with Gasteiger partial charge in [-0.3, -0.25) is 14.6 Å². The van der Waals surface area contributed by atoms with Crippen molar-refractivity contribution in [2.24, 2.45) is 22.1 Å². The molecule has 1 aliphatic rings. The first-order chi connectivity index (χ1) is 20.0. The molecule has 6 nitrogen and oxygen atoms in total. The molecule has 1 fully saturated rings. The van der Waals surface area contributed by atoms with Gasteiger partial charge in [0.05, 0.1) is 6.04 Å². The molecular formula is C34H53Cl2N3O3. The van der Waals surface area contributed by atoms with Crippen molar-refractivity contribution in [2.45, 2.75) is 90.7 Å². The maximum Gasteiger partial charge on any atom is 0.212 e. The molecule has 236 valence electrons. The topological polar surface area (TPSA) is 85.0 Å². The average molecular weight is 623 g/mol. The molecule has 2 atom stereocenters. The average Bonchev–Trinajstić information content (AvgIpc) is 2.99. The molecule has 1 unspecified atom stereocenters. The van der Waals surface area contributed by atoms with Gasteiger partial charge in [-0.25, -0.2) is 0 Å². The van der Waals surface area contributed by atoms with E-state index in [4.69, 9.17) is 32.9 Å². The minimum Gasteiger partial charge on any atom is -0.385 e. The van der Waals surface area contributed by atoms with Crippen LogP contribution < -0.4 is 5.73 Å². The van der Waals surface area contributed by atoms with Gasteiger partial charge in [0.1, 0.15) is 11.9 Å². The van der Waals surface area contributed by atoms with E-state index >= 15 is 0 Å². The van der Waals surface area contributed by atoms with E-state index in [1.54, 1.807) is 37.6 Å². The van der Waals surface area contributed by atoms with Crippen LogP contribution in [0.2, 0.25) is 0 Å². The zero-order valence-corrected chi connectivity index (χ0v) is 28.4. The Morgan fingerprint density at radius 1 is 1.19 bits per heavy atom. The zero-order valence-electron chi connectivity index (χ0n) is 26.9. The van der Waals surface area contributed by atoms with Crippen LogP contribution >= 0.6 is 23.2 Å². The molecule has 0 spiro atoms. The number of alkyl halides is 1. The van der Waals surface area contributed by atoms with E-state index in [2.05, 4.69) is 33.1 Å². The van der Waals surface area contributed by atoms with Gasteiger partial charge in [-0.05, 0) is 74.6 Å². The summed E-state index contributed by atoms with van der Waals surface area (Å²) in [5.41, 5.74) is 6.19. The van der Waals surface area contributed by atoms with Crippen LogP contribution in [-0.4, -0.2) is 55.6 Å². The number of carbonyl (C=O) groups excluding carboxylic acids is 2. The van der Waals surface area contributed by atoms with Crippen molar-refractivity contribution < 1.29 is 14.3 Å². The number of aldehydes is 1. The van der Waals surface area contributed by atoms with Crippen molar-refractivity contribution in [3.63, 3.8) is 0 Å². The second kappa shape index (κ2) is 20.6. The summed E-state index contributed by atoms with van der Waals surface area (Å²) in [5.74, 6) is 0.525. The second-order valence-electron chi connectivity index (χ2n) is 11.1. The number of halogens is 2. The van der Waals surface area contributed by atoms with E-state index in [0.29, 0.717) is 29.5 Å². The van der Waals surface area contributed by atoms with Crippen LogP contribution in [0.5, 0.6) is 0 Å². The Bertz CT molecular complexity index is 1020. The third-order valence-corrected chi connectivity index (χ3v) is 7.76. The maximum atomic E-state index is 12.9. The van der Waals surface area contributed by atoms with Crippen molar-refractivity contribution in [3.05, 3.63) is 70.8 Å². The third-order valence-electron chi connectivity index (χ3n) is 7.37. The lowest BCUT2D eigenvalue weighted by molar-refractivity contribution is -0.130. The van der Waals surface area contributed by atoms with Crippen molar-refractivity contribution in [3.8, 4) is 0 Å². The van der Waals surface area contributed by atoms with Crippen LogP contribution in [0.15, 0.2) is 64.7 Å². The quantitative estimate of drug-likeness (QED) is 0.103. The lowest BCUT2D eigenvalue weighted by Gasteiger charge is -2.49. The normalized spacial score (nSPS) is 20.8. The molecule has 0 aromatic heterocycles. The maximum absolute atomic E-state index is 12.9. The number of rotatable bonds is 13. The zero-order chi connectivity index (χ0) is 32.3. The molecular weight excluding hydrogens is 569 g/mol. The number of hydrogen-bond acceptors (Lipinski definition) is 5. The molecule has 0 bridgehead atoms. The highest BCUT2D eigenvalue weighted by molar-refractivity contribution is 6.31. The number of nitrogens with zero attached hydrogens (tertiary/aromatic N) is 2. The number of nitrogens with two attached hydrogens (primary N) is 1. The van der Waals surface area contributed by atoms with E-state index in [1.807, 2.05) is 43.9 Å². The summed E-state index contributed by atoms with van der Waals surface area (Å²) >= 11 is 12.5. The Balaban J connectivity index is 0.00000402. The third kappa shape index (κ3) is 12.5. The Kier molecular flexibility index (Phi) is 19.5. The van der Waals surface area contributed by atoms with Gasteiger partial charge in [-0.15, -0.1) is 11.6 Å². The number of ether oxygens (including phenoxy) is 1. The van der Waals surface area contributed by atoms with Crippen molar-refractivity contribution >= 4 is 42.1 Å². The second-order valence-corrected chi connectivity index (χ2v) is 12.2. The van der Waals surface area contributed by atoms with Crippen LogP contribution in [0.4, 0.5) is 0 Å². The van der Waals surface area contributed by atoms with Gasteiger partial charge < -0.3 is 15.4 Å². The Morgan fingerprint density at radius 3 is 2.19 bits per heavy atom. The lowest BCUT2D eigenvalue weighted by atomic mass is 9.69. The molecule has 2 N–H and O–H groups in total. The van der Waals surface area contributed by atoms with Gasteiger partial charge in [0.15, 0.2) is 0 Å². The predicted octanol–water partition coefficient (Wildman–Crippen LogP) is 8.50. The molecule has 1 amide bonds. The van der Waals surface area contributed by atoms with Crippen molar-refractivity contribution in [2.75, 3.05) is 20.8 Å². The van der Waals surface area contributed by atoms with Crippen molar-refractivity contribution in [1.82, 2.24) is 4.90 Å². The number of amides is 1. The fourth-order valence-electron chi connectivity index (χ4n) is 5.16. The largest absolute Gasteiger partial charge is 0.385 e. The standard InChI is InChI=1S/C31H42Cl2N2O3.C2H6.CH5N/c1-7-28(33)19-25(18-23(2)32)20-34-31(15-12-27(13-16-31)30(3,4)5)35(22-37)29(14-17-38-6)26-10-8-24(21-36)9-11-26;2*1-2/h7-11,18-23,27,29H,1,12-17H2,2-6H3;1-2H3;2H2,1H3/b25-18+,28-19+,34-20+;;/t23?,27?,29-,31?;;/m1../s1. The van der Waals surface area contributed by atoms with Gasteiger partial charge in [0.2, 0.25) is 6.41 Å². The predicted molar refractivity (Wildman–Crippen MR) is 181 cm³/mol. The number of carbonyl (C=O) groups is 2. The molecule has 1 aliphatic carbocycles. The summed E-state index contributed by atoms with van der Waals surface area (Å²) < 4.78 is 5.42. The Morgan fingerprint density at radius 2 is 1.76 bits per heavy atom. The van der Waals surface area contributed by atoms with Crippen LogP contribution in [0.1, 0.15) is 95.6 Å². The summed E-state index contributed by atoms with van der Waals surface area (Å²) in [7, 11) is 3.15. The SMILES string of the molecule is C=C\C(Cl)=C/C(/C=N/C1(N(C=O)[C@H](CCOC)c2ccc(C=O)cc2)CCC(C(C)(C)C)CC1)=C\C(C)Cl.CC.CN. The molecule has 0 aliphatic heterocycles. The smallest absolute Gasteiger partial charge is 0.212 e. The number of aliphatic imine (C=N–C) groups is 1. The fraction of sp³-hybridized carbons (Fsp3) is 0.559. The van der Waals surface area contributed by atoms with Crippen LogP contribution in [0, 0.1) is 11.3 Å². The van der Waals surface area contributed by atoms with Crippen LogP contribution in [-0.2, 0) is 9.53 Å². The first-order valence-corrected chi connectivity index (χ1v) is 15.6. The molecule has 0 saturated heterocycles. The Hall–Kier alpha value is -2.25. The molecule has 0 heterocycles. The van der Waals surface area contributed by atoms with Gasteiger partial charge in [-0.1, -0.05) is 89.2 Å². The molecule has 2 rings (SSSR count). The first-order valence-electron chi connectivity index (χ1n) is 14.8. The number of hydrogen-bond donors (Lipinski definition) is 1. The number of methoxy groups -OCH3 is 1. The number of allylic oxidation sites excluding steroid dienone is 5. The van der Waals surface area contributed by atoms with E-state index in [0.717, 1.165) is 49.5 Å².